The number of esters is 1. The number of cyclic esters (lactones) is 1. The van der Waals surface area contributed by atoms with Gasteiger partial charge in [0, 0.05) is 0 Å². The third-order valence-electron chi connectivity index (χ3n) is 11.7. The van der Waals surface area contributed by atoms with E-state index in [4.69, 9.17) is 4.74 Å². The number of aliphatic hydroxyl groups is 4. The maximum absolute atomic E-state index is 13.0. The van der Waals surface area contributed by atoms with E-state index in [1.54, 1.807) is 0 Å². The molecule has 0 radical (unpaired) electrons. The molecule has 4 N–H and O–H groups in total. The number of aliphatic hydroxyl groups excluding tert-OH is 4. The van der Waals surface area contributed by atoms with E-state index in [1.807, 2.05) is 0 Å². The summed E-state index contributed by atoms with van der Waals surface area (Å²) < 4.78 is 5.88. The summed E-state index contributed by atoms with van der Waals surface area (Å²) >= 11 is 0. The molecule has 4 rings (SSSR count). The molecule has 3 saturated carbocycles. The van der Waals surface area contributed by atoms with Crippen molar-refractivity contribution in [2.24, 2.45) is 58.2 Å². The fourth-order valence-corrected chi connectivity index (χ4v) is 9.60. The second kappa shape index (κ2) is 9.89. The first-order valence-corrected chi connectivity index (χ1v) is 14.3. The average molecular weight is 495 g/mol. The van der Waals surface area contributed by atoms with Gasteiger partial charge in [-0.05, 0) is 90.8 Å². The third kappa shape index (κ3) is 4.38. The van der Waals surface area contributed by atoms with E-state index < -0.39 is 24.4 Å². The Labute approximate surface area is 211 Å². The molecule has 6 heteroatoms. The predicted octanol–water partition coefficient (Wildman–Crippen LogP) is 3.78. The van der Waals surface area contributed by atoms with Crippen LogP contribution in [0.5, 0.6) is 0 Å². The summed E-state index contributed by atoms with van der Waals surface area (Å²) in [4.78, 5) is 13.0. The molecule has 0 bridgehead atoms. The lowest BCUT2D eigenvalue weighted by atomic mass is 9.48. The molecule has 0 amide bonds. The number of hydrogen-bond donors (Lipinski definition) is 4. The fraction of sp³-hybridized carbons (Fsp3) is 0.966. The molecule has 202 valence electrons. The van der Waals surface area contributed by atoms with Crippen molar-refractivity contribution in [1.29, 1.82) is 0 Å². The van der Waals surface area contributed by atoms with Gasteiger partial charge in [-0.2, -0.15) is 0 Å². The lowest BCUT2D eigenvalue weighted by Gasteiger charge is -2.56. The zero-order valence-corrected chi connectivity index (χ0v) is 22.7. The van der Waals surface area contributed by atoms with Gasteiger partial charge in [0.2, 0.25) is 0 Å². The topological polar surface area (TPSA) is 107 Å². The van der Waals surface area contributed by atoms with Crippen molar-refractivity contribution in [3.63, 3.8) is 0 Å². The summed E-state index contributed by atoms with van der Waals surface area (Å²) in [5, 5.41) is 43.2. The zero-order chi connectivity index (χ0) is 25.9. The molecule has 4 aliphatic rings. The van der Waals surface area contributed by atoms with E-state index in [0.717, 1.165) is 32.1 Å². The van der Waals surface area contributed by atoms with Gasteiger partial charge in [-0.15, -0.1) is 0 Å². The SMILES string of the molecule is CC[C@@H](C(C)C)[C@@H](O)[C@H](O)[C@@H](C)[C@H]1CC[C@H]2[C@@H]3COC(=O)[C@@H]4C[C@@H](O)[C@@H](O)C[C@]4(C)[C@H]3CC[C@]12C. The second-order valence-corrected chi connectivity index (χ2v) is 13.5. The van der Waals surface area contributed by atoms with Gasteiger partial charge < -0.3 is 25.2 Å². The monoisotopic (exact) mass is 494 g/mol. The van der Waals surface area contributed by atoms with Gasteiger partial charge in [0.1, 0.15) is 0 Å². The van der Waals surface area contributed by atoms with Crippen LogP contribution < -0.4 is 0 Å². The van der Waals surface area contributed by atoms with Crippen molar-refractivity contribution in [3.05, 3.63) is 0 Å². The summed E-state index contributed by atoms with van der Waals surface area (Å²) in [6, 6.07) is 0. The van der Waals surface area contributed by atoms with E-state index in [2.05, 4.69) is 41.5 Å². The first-order valence-electron chi connectivity index (χ1n) is 14.3. The van der Waals surface area contributed by atoms with E-state index in [-0.39, 0.29) is 52.8 Å². The predicted molar refractivity (Wildman–Crippen MR) is 134 cm³/mol. The van der Waals surface area contributed by atoms with Crippen LogP contribution >= 0.6 is 0 Å². The lowest BCUT2D eigenvalue weighted by Crippen LogP contribution is -2.55. The van der Waals surface area contributed by atoms with Crippen LogP contribution in [0.15, 0.2) is 0 Å². The van der Waals surface area contributed by atoms with E-state index >= 15 is 0 Å². The van der Waals surface area contributed by atoms with Crippen molar-refractivity contribution in [2.75, 3.05) is 6.61 Å². The molecule has 0 unspecified atom stereocenters. The van der Waals surface area contributed by atoms with Gasteiger partial charge in [-0.3, -0.25) is 4.79 Å². The van der Waals surface area contributed by atoms with Gasteiger partial charge in [-0.25, -0.2) is 0 Å². The van der Waals surface area contributed by atoms with Gasteiger partial charge in [0.15, 0.2) is 0 Å². The minimum absolute atomic E-state index is 0.00679. The highest BCUT2D eigenvalue weighted by Gasteiger charge is 2.63. The van der Waals surface area contributed by atoms with Crippen LogP contribution in [0.2, 0.25) is 0 Å². The van der Waals surface area contributed by atoms with Crippen LogP contribution in [0.4, 0.5) is 0 Å². The summed E-state index contributed by atoms with van der Waals surface area (Å²) in [5.41, 5.74) is -0.348. The molecular weight excluding hydrogens is 444 g/mol. The Morgan fingerprint density at radius 3 is 2.26 bits per heavy atom. The first kappa shape index (κ1) is 27.3. The molecule has 4 fully saturated rings. The molecule has 13 atom stereocenters. The minimum atomic E-state index is -0.867. The van der Waals surface area contributed by atoms with Crippen molar-refractivity contribution in [3.8, 4) is 0 Å². The second-order valence-electron chi connectivity index (χ2n) is 13.5. The third-order valence-corrected chi connectivity index (χ3v) is 11.7. The molecular formula is C29H50O6. The zero-order valence-electron chi connectivity index (χ0n) is 22.7. The normalized spacial score (nSPS) is 47.1. The summed E-state index contributed by atoms with van der Waals surface area (Å²) in [6.45, 7) is 13.4. The van der Waals surface area contributed by atoms with Gasteiger partial charge in [0.05, 0.1) is 36.9 Å². The van der Waals surface area contributed by atoms with Crippen molar-refractivity contribution < 1.29 is 30.0 Å². The summed E-state index contributed by atoms with van der Waals surface area (Å²) in [5.74, 6) is 1.01. The Morgan fingerprint density at radius 1 is 0.971 bits per heavy atom. The largest absolute Gasteiger partial charge is 0.465 e. The van der Waals surface area contributed by atoms with Gasteiger partial charge >= 0.3 is 5.97 Å². The summed E-state index contributed by atoms with van der Waals surface area (Å²) in [6.07, 6.45) is 2.49. The van der Waals surface area contributed by atoms with Crippen LogP contribution in [0.3, 0.4) is 0 Å². The number of ether oxygens (including phenoxy) is 1. The van der Waals surface area contributed by atoms with E-state index in [0.29, 0.717) is 30.8 Å². The molecule has 3 aliphatic carbocycles. The molecule has 1 saturated heterocycles. The summed E-state index contributed by atoms with van der Waals surface area (Å²) in [7, 11) is 0. The number of carbonyl (C=O) groups is 1. The quantitative estimate of drug-likeness (QED) is 0.419. The van der Waals surface area contributed by atoms with Crippen molar-refractivity contribution >= 4 is 5.97 Å². The molecule has 1 aliphatic heterocycles. The molecule has 0 aromatic heterocycles. The molecule has 6 nitrogen and oxygen atoms in total. The maximum Gasteiger partial charge on any atom is 0.309 e. The Morgan fingerprint density at radius 2 is 1.63 bits per heavy atom. The molecule has 1 heterocycles. The van der Waals surface area contributed by atoms with Crippen LogP contribution in [-0.2, 0) is 9.53 Å². The highest BCUT2D eigenvalue weighted by Crippen LogP contribution is 2.66. The molecule has 0 aromatic rings. The Hall–Kier alpha value is -0.690. The number of hydrogen-bond acceptors (Lipinski definition) is 6. The van der Waals surface area contributed by atoms with E-state index in [1.165, 1.54) is 0 Å². The van der Waals surface area contributed by atoms with Crippen LogP contribution in [0.1, 0.15) is 86.5 Å². The van der Waals surface area contributed by atoms with Gasteiger partial charge in [-0.1, -0.05) is 48.0 Å². The van der Waals surface area contributed by atoms with Crippen LogP contribution in [0, 0.1) is 58.2 Å². The van der Waals surface area contributed by atoms with Crippen molar-refractivity contribution in [1.82, 2.24) is 0 Å². The highest BCUT2D eigenvalue weighted by molar-refractivity contribution is 5.74. The Balaban J connectivity index is 1.57. The highest BCUT2D eigenvalue weighted by atomic mass is 16.5. The molecule has 0 aromatic carbocycles. The molecule has 0 spiro atoms. The Kier molecular flexibility index (Phi) is 7.72. The number of rotatable bonds is 6. The van der Waals surface area contributed by atoms with E-state index in [9.17, 15) is 25.2 Å². The van der Waals surface area contributed by atoms with Crippen molar-refractivity contribution in [2.45, 2.75) is 111 Å². The fourth-order valence-electron chi connectivity index (χ4n) is 9.60. The minimum Gasteiger partial charge on any atom is -0.465 e. The van der Waals surface area contributed by atoms with Gasteiger partial charge in [0.25, 0.3) is 0 Å². The smallest absolute Gasteiger partial charge is 0.309 e. The van der Waals surface area contributed by atoms with Crippen LogP contribution in [0.25, 0.3) is 0 Å². The average Bonchev–Trinajstić information content (AvgIpc) is 3.11. The molecule has 35 heavy (non-hydrogen) atoms. The number of carbonyl (C=O) groups excluding carboxylic acids is 1. The first-order chi connectivity index (χ1) is 16.4. The maximum atomic E-state index is 13.0. The lowest BCUT2D eigenvalue weighted by molar-refractivity contribution is -0.162. The van der Waals surface area contributed by atoms with Crippen LogP contribution in [-0.4, -0.2) is 57.4 Å². The standard InChI is InChI=1S/C29H50O6/c1-7-17(15(2)3)26(33)25(32)16(4)19-8-9-20-18-14-35-27(34)22-12-23(30)24(31)13-29(22,6)21(18)10-11-28(19,20)5/h15-26,30-33H,7-14H2,1-6H3/t16-,17-,18-,19+,20-,21-,22-,23+,24-,25+,26+,28+,29+/m0/s1. The number of fused-ring (bicyclic) bond motifs is 5. The Bertz CT molecular complexity index is 770.